The van der Waals surface area contributed by atoms with Crippen molar-refractivity contribution in [2.75, 3.05) is 11.9 Å². The molecular weight excluding hydrogens is 176 g/mol. The van der Waals surface area contributed by atoms with Gasteiger partial charge in [0.15, 0.2) is 0 Å². The lowest BCUT2D eigenvalue weighted by atomic mass is 10.1. The van der Waals surface area contributed by atoms with Crippen LogP contribution in [0.2, 0.25) is 0 Å². The minimum Gasteiger partial charge on any atom is -0.392 e. The Hall–Kier alpha value is -1.53. The van der Waals surface area contributed by atoms with Crippen LogP contribution in [0.4, 0.5) is 5.69 Å². The first-order valence-electron chi connectivity index (χ1n) is 4.60. The van der Waals surface area contributed by atoms with Crippen LogP contribution >= 0.6 is 0 Å². The van der Waals surface area contributed by atoms with Crippen molar-refractivity contribution in [2.45, 2.75) is 19.4 Å². The van der Waals surface area contributed by atoms with Crippen LogP contribution in [0.1, 0.15) is 12.5 Å². The number of anilines is 1. The Morgan fingerprint density at radius 2 is 2.07 bits per heavy atom. The largest absolute Gasteiger partial charge is 0.392 e. The van der Waals surface area contributed by atoms with Gasteiger partial charge >= 0.3 is 0 Å². The molecule has 0 radical (unpaired) electrons. The van der Waals surface area contributed by atoms with Gasteiger partial charge in [-0.25, -0.2) is 0 Å². The van der Waals surface area contributed by atoms with Crippen molar-refractivity contribution in [1.29, 1.82) is 5.26 Å². The van der Waals surface area contributed by atoms with E-state index in [1.165, 1.54) is 0 Å². The molecule has 1 aromatic carbocycles. The van der Waals surface area contributed by atoms with E-state index in [0.717, 1.165) is 11.3 Å². The second-order valence-corrected chi connectivity index (χ2v) is 3.26. The van der Waals surface area contributed by atoms with Crippen molar-refractivity contribution >= 4 is 5.69 Å². The van der Waals surface area contributed by atoms with Crippen LogP contribution in [0.25, 0.3) is 0 Å². The van der Waals surface area contributed by atoms with Gasteiger partial charge < -0.3 is 10.4 Å². The highest BCUT2D eigenvalue weighted by Gasteiger charge is 1.96. The number of nitrogens with one attached hydrogen (secondary N) is 1. The summed E-state index contributed by atoms with van der Waals surface area (Å²) in [6.45, 7) is 2.27. The van der Waals surface area contributed by atoms with Crippen LogP contribution in [0.5, 0.6) is 0 Å². The van der Waals surface area contributed by atoms with Gasteiger partial charge in [0.2, 0.25) is 0 Å². The Morgan fingerprint density at radius 1 is 1.43 bits per heavy atom. The highest BCUT2D eigenvalue weighted by Crippen LogP contribution is 2.09. The third kappa shape index (κ3) is 3.46. The van der Waals surface area contributed by atoms with E-state index in [1.54, 1.807) is 6.92 Å². The number of nitrogens with zero attached hydrogens (tertiary/aromatic N) is 1. The van der Waals surface area contributed by atoms with Gasteiger partial charge in [0, 0.05) is 12.2 Å². The standard InChI is InChI=1S/C11H14N2O/c1-9(14)8-13-11-4-2-10(3-5-11)6-7-12/h2-5,9,13-14H,6,8H2,1H3/t9-/m1/s1. The van der Waals surface area contributed by atoms with Crippen LogP contribution in [0, 0.1) is 11.3 Å². The summed E-state index contributed by atoms with van der Waals surface area (Å²) >= 11 is 0. The smallest absolute Gasteiger partial charge is 0.0684 e. The predicted octanol–water partition coefficient (Wildman–Crippen LogP) is 1.55. The summed E-state index contributed by atoms with van der Waals surface area (Å²) in [5.74, 6) is 0. The lowest BCUT2D eigenvalue weighted by Crippen LogP contribution is -2.15. The molecule has 0 unspecified atom stereocenters. The van der Waals surface area contributed by atoms with Gasteiger partial charge in [0.05, 0.1) is 18.6 Å². The highest BCUT2D eigenvalue weighted by molar-refractivity contribution is 5.45. The maximum Gasteiger partial charge on any atom is 0.0684 e. The third-order valence-electron chi connectivity index (χ3n) is 1.84. The van der Waals surface area contributed by atoms with Crippen LogP contribution in [0.3, 0.4) is 0 Å². The zero-order valence-corrected chi connectivity index (χ0v) is 8.20. The van der Waals surface area contributed by atoms with E-state index in [-0.39, 0.29) is 6.10 Å². The quantitative estimate of drug-likeness (QED) is 0.757. The lowest BCUT2D eigenvalue weighted by Gasteiger charge is -2.08. The molecule has 0 aliphatic rings. The van der Waals surface area contributed by atoms with Gasteiger partial charge in [0.1, 0.15) is 0 Å². The molecule has 1 atom stereocenters. The van der Waals surface area contributed by atoms with Crippen molar-refractivity contribution in [3.63, 3.8) is 0 Å². The summed E-state index contributed by atoms with van der Waals surface area (Å²) in [5.41, 5.74) is 1.97. The molecule has 1 aromatic rings. The van der Waals surface area contributed by atoms with Gasteiger partial charge in [-0.2, -0.15) is 5.26 Å². The van der Waals surface area contributed by atoms with Crippen molar-refractivity contribution in [2.24, 2.45) is 0 Å². The minimum absolute atomic E-state index is 0.353. The van der Waals surface area contributed by atoms with Gasteiger partial charge in [-0.1, -0.05) is 12.1 Å². The Kier molecular flexibility index (Phi) is 3.96. The number of benzene rings is 1. The Bertz CT molecular complexity index is 311. The predicted molar refractivity (Wildman–Crippen MR) is 55.9 cm³/mol. The normalized spacial score (nSPS) is 11.8. The highest BCUT2D eigenvalue weighted by atomic mass is 16.3. The first kappa shape index (κ1) is 10.6. The summed E-state index contributed by atoms with van der Waals surface area (Å²) in [6, 6.07) is 9.74. The Morgan fingerprint density at radius 3 is 2.57 bits per heavy atom. The van der Waals surface area contributed by atoms with E-state index in [9.17, 15) is 0 Å². The molecule has 0 saturated heterocycles. The van der Waals surface area contributed by atoms with Gasteiger partial charge in [0.25, 0.3) is 0 Å². The fourth-order valence-corrected chi connectivity index (χ4v) is 1.10. The average molecular weight is 190 g/mol. The molecule has 0 spiro atoms. The summed E-state index contributed by atoms with van der Waals surface area (Å²) in [4.78, 5) is 0. The van der Waals surface area contributed by atoms with E-state index in [0.29, 0.717) is 13.0 Å². The molecular formula is C11H14N2O. The molecule has 0 bridgehead atoms. The number of rotatable bonds is 4. The van der Waals surface area contributed by atoms with E-state index < -0.39 is 0 Å². The van der Waals surface area contributed by atoms with E-state index >= 15 is 0 Å². The monoisotopic (exact) mass is 190 g/mol. The molecule has 3 nitrogen and oxygen atoms in total. The average Bonchev–Trinajstić information content (AvgIpc) is 2.17. The molecule has 2 N–H and O–H groups in total. The minimum atomic E-state index is -0.353. The fourth-order valence-electron chi connectivity index (χ4n) is 1.10. The molecule has 74 valence electrons. The van der Waals surface area contributed by atoms with Crippen LogP contribution in [-0.2, 0) is 6.42 Å². The van der Waals surface area contributed by atoms with Crippen molar-refractivity contribution in [3.05, 3.63) is 29.8 Å². The number of hydrogen-bond acceptors (Lipinski definition) is 3. The molecule has 1 rings (SSSR count). The fraction of sp³-hybridized carbons (Fsp3) is 0.364. The Labute approximate surface area is 84.0 Å². The zero-order valence-electron chi connectivity index (χ0n) is 8.20. The molecule has 0 amide bonds. The summed E-state index contributed by atoms with van der Waals surface area (Å²) in [5, 5.41) is 20.6. The molecule has 0 saturated carbocycles. The van der Waals surface area contributed by atoms with Gasteiger partial charge in [-0.05, 0) is 24.6 Å². The number of aliphatic hydroxyl groups excluding tert-OH is 1. The van der Waals surface area contributed by atoms with Crippen molar-refractivity contribution in [1.82, 2.24) is 0 Å². The summed E-state index contributed by atoms with van der Waals surface area (Å²) in [6.07, 6.45) is 0.0882. The maximum absolute atomic E-state index is 9.05. The van der Waals surface area contributed by atoms with Crippen molar-refractivity contribution < 1.29 is 5.11 Å². The topological polar surface area (TPSA) is 56.0 Å². The third-order valence-corrected chi connectivity index (χ3v) is 1.84. The Balaban J connectivity index is 2.52. The van der Waals surface area contributed by atoms with E-state index in [1.807, 2.05) is 24.3 Å². The van der Waals surface area contributed by atoms with Crippen molar-refractivity contribution in [3.8, 4) is 6.07 Å². The molecule has 0 aromatic heterocycles. The maximum atomic E-state index is 9.05. The first-order chi connectivity index (χ1) is 6.72. The van der Waals surface area contributed by atoms with Crippen LogP contribution in [0.15, 0.2) is 24.3 Å². The second kappa shape index (κ2) is 5.25. The van der Waals surface area contributed by atoms with E-state index in [4.69, 9.17) is 10.4 Å². The lowest BCUT2D eigenvalue weighted by molar-refractivity contribution is 0.208. The number of nitriles is 1. The summed E-state index contributed by atoms with van der Waals surface area (Å²) < 4.78 is 0. The second-order valence-electron chi connectivity index (χ2n) is 3.26. The SMILES string of the molecule is C[C@@H](O)CNc1ccc(CC#N)cc1. The summed E-state index contributed by atoms with van der Waals surface area (Å²) in [7, 11) is 0. The van der Waals surface area contributed by atoms with E-state index in [2.05, 4.69) is 11.4 Å². The van der Waals surface area contributed by atoms with Gasteiger partial charge in [-0.15, -0.1) is 0 Å². The number of hydrogen-bond donors (Lipinski definition) is 2. The zero-order chi connectivity index (χ0) is 10.4. The number of aliphatic hydroxyl groups is 1. The molecule has 3 heteroatoms. The van der Waals surface area contributed by atoms with Gasteiger partial charge in [-0.3, -0.25) is 0 Å². The molecule has 0 aliphatic heterocycles. The molecule has 0 heterocycles. The van der Waals surface area contributed by atoms with Crippen LogP contribution < -0.4 is 5.32 Å². The molecule has 14 heavy (non-hydrogen) atoms. The first-order valence-corrected chi connectivity index (χ1v) is 4.60. The molecule has 0 aliphatic carbocycles. The molecule has 0 fully saturated rings. The van der Waals surface area contributed by atoms with Crippen LogP contribution in [-0.4, -0.2) is 17.8 Å².